The molecule has 10 heteroatoms. The average molecular weight is 481 g/mol. The molecule has 3 N–H and O–H groups in total. The molecule has 3 aromatic rings. The molecule has 2 aromatic heterocycles. The number of rotatable bonds is 3. The van der Waals surface area contributed by atoms with Crippen molar-refractivity contribution >= 4 is 21.6 Å². The molecule has 5 rings (SSSR count). The van der Waals surface area contributed by atoms with Gasteiger partial charge < -0.3 is 10.1 Å². The fraction of sp³-hybridized carbons (Fsp3) is 0.375. The van der Waals surface area contributed by atoms with Crippen LogP contribution in [-0.4, -0.2) is 31.6 Å². The van der Waals surface area contributed by atoms with E-state index < -0.39 is 15.9 Å². The molecule has 1 aliphatic carbocycles. The van der Waals surface area contributed by atoms with E-state index >= 15 is 0 Å². The highest BCUT2D eigenvalue weighted by Gasteiger charge is 2.32. The first kappa shape index (κ1) is 22.5. The second kappa shape index (κ2) is 8.21. The number of nitrogens with two attached hydrogens (primary N) is 1. The molecule has 0 saturated heterocycles. The Bertz CT molecular complexity index is 1420. The average Bonchev–Trinajstić information content (AvgIpc) is 3.40. The number of nitrogens with zero attached hydrogens (tertiary/aromatic N) is 4. The highest BCUT2D eigenvalue weighted by Crippen LogP contribution is 2.38. The number of hydrogen-bond acceptors (Lipinski definition) is 5. The number of nitrogens with one attached hydrogen (secondary N) is 1. The molecular weight excluding hydrogens is 452 g/mol. The molecule has 34 heavy (non-hydrogen) atoms. The van der Waals surface area contributed by atoms with E-state index in [9.17, 15) is 9.00 Å². The Morgan fingerprint density at radius 1 is 1.29 bits per heavy atom. The van der Waals surface area contributed by atoms with E-state index in [1.807, 2.05) is 25.1 Å². The zero-order valence-electron chi connectivity index (χ0n) is 19.5. The molecule has 2 aliphatic rings. The number of anilines is 1. The molecule has 1 atom stereocenters. The number of carbonyl (C=O) groups is 1. The molecule has 0 fully saturated rings. The third-order valence-corrected chi connectivity index (χ3v) is 7.54. The van der Waals surface area contributed by atoms with E-state index in [2.05, 4.69) is 39.7 Å². The van der Waals surface area contributed by atoms with Crippen molar-refractivity contribution < 1.29 is 13.7 Å². The highest BCUT2D eigenvalue weighted by atomic mass is 32.2. The van der Waals surface area contributed by atoms with Gasteiger partial charge in [-0.15, -0.1) is 4.36 Å². The molecule has 1 aliphatic heterocycles. The van der Waals surface area contributed by atoms with Crippen molar-refractivity contribution in [2.75, 3.05) is 11.9 Å². The topological polar surface area (TPSA) is 124 Å². The minimum Gasteiger partial charge on any atom is -0.476 e. The minimum atomic E-state index is -3.57. The number of hydrogen-bond donors (Lipinski definition) is 2. The second-order valence-electron chi connectivity index (χ2n) is 9.68. The van der Waals surface area contributed by atoms with Crippen LogP contribution < -0.4 is 15.2 Å². The second-order valence-corrected chi connectivity index (χ2v) is 11.4. The lowest BCUT2D eigenvalue weighted by molar-refractivity contribution is 0.0972. The molecule has 3 heterocycles. The summed E-state index contributed by atoms with van der Waals surface area (Å²) < 4.78 is 24.6. The zero-order chi connectivity index (χ0) is 24.1. The molecule has 0 radical (unpaired) electrons. The monoisotopic (exact) mass is 480 g/mol. The number of pyridine rings is 1. The molecule has 0 spiro atoms. The van der Waals surface area contributed by atoms with Gasteiger partial charge in [0.1, 0.15) is 4.90 Å². The van der Waals surface area contributed by atoms with E-state index in [-0.39, 0.29) is 10.3 Å². The Hall–Kier alpha value is -3.24. The summed E-state index contributed by atoms with van der Waals surface area (Å²) in [6.07, 6.45) is 5.93. The standard InChI is InChI=1S/C24H28N6O3S/c1-15-11-17(9-10-26-15)19-8-7-16-5-4-6-18(16)21(19)28-23(31)29-34(25,32)20-12-27-30-13-24(2,3)14-33-22(20)30/h7-12H,4-6,13-14H2,1-3H3,(H3,25,28,29,31,32)/t34-/m0/s1. The predicted octanol–water partition coefficient (Wildman–Crippen LogP) is 4.09. The molecule has 9 nitrogen and oxygen atoms in total. The molecule has 178 valence electrons. The molecule has 1 aromatic carbocycles. The lowest BCUT2D eigenvalue weighted by Crippen LogP contribution is -2.33. The minimum absolute atomic E-state index is 0.115. The third-order valence-electron chi connectivity index (χ3n) is 6.19. The summed E-state index contributed by atoms with van der Waals surface area (Å²) in [6, 6.07) is 7.20. The molecule has 0 unspecified atom stereocenters. The fourth-order valence-electron chi connectivity index (χ4n) is 4.60. The van der Waals surface area contributed by atoms with Gasteiger partial charge in [0.2, 0.25) is 5.88 Å². The number of ether oxygens (including phenoxy) is 1. The molecular formula is C24H28N6O3S. The van der Waals surface area contributed by atoms with E-state index in [0.717, 1.165) is 41.6 Å². The van der Waals surface area contributed by atoms with Gasteiger partial charge in [-0.05, 0) is 55.0 Å². The number of aryl methyl sites for hydroxylation is 2. The molecule has 0 saturated carbocycles. The predicted molar refractivity (Wildman–Crippen MR) is 130 cm³/mol. The van der Waals surface area contributed by atoms with Gasteiger partial charge in [-0.2, -0.15) is 5.10 Å². The van der Waals surface area contributed by atoms with Gasteiger partial charge in [0.25, 0.3) is 0 Å². The number of amides is 2. The van der Waals surface area contributed by atoms with Crippen molar-refractivity contribution in [2.45, 2.75) is 51.5 Å². The van der Waals surface area contributed by atoms with Crippen LogP contribution in [0.3, 0.4) is 0 Å². The van der Waals surface area contributed by atoms with Gasteiger partial charge in [-0.25, -0.2) is 18.8 Å². The summed E-state index contributed by atoms with van der Waals surface area (Å²) in [6.45, 7) is 7.04. The number of urea groups is 1. The van der Waals surface area contributed by atoms with E-state index in [1.165, 1.54) is 11.8 Å². The van der Waals surface area contributed by atoms with Gasteiger partial charge in [0.15, 0.2) is 9.92 Å². The van der Waals surface area contributed by atoms with Gasteiger partial charge in [0, 0.05) is 22.9 Å². The summed E-state index contributed by atoms with van der Waals surface area (Å²) in [5, 5.41) is 13.2. The zero-order valence-corrected chi connectivity index (χ0v) is 20.3. The third kappa shape index (κ3) is 4.19. The van der Waals surface area contributed by atoms with Crippen LogP contribution in [0.4, 0.5) is 10.5 Å². The summed E-state index contributed by atoms with van der Waals surface area (Å²) in [5.74, 6) is 0.303. The van der Waals surface area contributed by atoms with E-state index in [4.69, 9.17) is 9.88 Å². The van der Waals surface area contributed by atoms with E-state index in [1.54, 1.807) is 10.9 Å². The molecule has 2 amide bonds. The van der Waals surface area contributed by atoms with Crippen LogP contribution in [-0.2, 0) is 29.3 Å². The number of aromatic nitrogens is 3. The maximum absolute atomic E-state index is 13.3. The Kier molecular flexibility index (Phi) is 5.44. The maximum Gasteiger partial charge on any atom is 0.354 e. The summed E-state index contributed by atoms with van der Waals surface area (Å²) in [5.41, 5.74) is 5.51. The van der Waals surface area contributed by atoms with Crippen molar-refractivity contribution in [1.82, 2.24) is 14.8 Å². The highest BCUT2D eigenvalue weighted by molar-refractivity contribution is 7.91. The first-order chi connectivity index (χ1) is 16.1. The number of benzene rings is 1. The van der Waals surface area contributed by atoms with Gasteiger partial charge >= 0.3 is 6.03 Å². The Balaban J connectivity index is 1.50. The normalized spacial score (nSPS) is 17.8. The first-order valence-electron chi connectivity index (χ1n) is 11.3. The number of carbonyl (C=O) groups excluding carboxylic acids is 1. The fourth-order valence-corrected chi connectivity index (χ4v) is 5.60. The smallest absolute Gasteiger partial charge is 0.354 e. The number of fused-ring (bicyclic) bond motifs is 2. The quantitative estimate of drug-likeness (QED) is 0.584. The summed E-state index contributed by atoms with van der Waals surface area (Å²) in [7, 11) is -3.57. The van der Waals surface area contributed by atoms with Crippen molar-refractivity contribution in [1.29, 1.82) is 0 Å². The Labute approximate surface area is 199 Å². The lowest BCUT2D eigenvalue weighted by Gasteiger charge is -2.30. The summed E-state index contributed by atoms with van der Waals surface area (Å²) >= 11 is 0. The van der Waals surface area contributed by atoms with Gasteiger partial charge in [-0.1, -0.05) is 26.0 Å². The largest absolute Gasteiger partial charge is 0.476 e. The first-order valence-corrected chi connectivity index (χ1v) is 12.8. The van der Waals surface area contributed by atoms with Crippen molar-refractivity contribution in [3.05, 3.63) is 53.5 Å². The van der Waals surface area contributed by atoms with Gasteiger partial charge in [0.05, 0.1) is 25.0 Å². The van der Waals surface area contributed by atoms with Crippen molar-refractivity contribution in [2.24, 2.45) is 14.9 Å². The molecule has 0 bridgehead atoms. The van der Waals surface area contributed by atoms with Crippen molar-refractivity contribution in [3.8, 4) is 17.0 Å². The van der Waals surface area contributed by atoms with Crippen LogP contribution in [0.2, 0.25) is 0 Å². The SMILES string of the molecule is Cc1cc(-c2ccc3c(c2NC(=O)N=[S@](N)(=O)c2cnn4c2OCC(C)(C)C4)CCC3)ccn1. The van der Waals surface area contributed by atoms with Crippen LogP contribution in [0, 0.1) is 12.3 Å². The van der Waals surface area contributed by atoms with Crippen LogP contribution in [0.1, 0.15) is 37.1 Å². The van der Waals surface area contributed by atoms with Crippen LogP contribution in [0.5, 0.6) is 5.88 Å². The van der Waals surface area contributed by atoms with Gasteiger partial charge in [-0.3, -0.25) is 4.98 Å². The summed E-state index contributed by atoms with van der Waals surface area (Å²) in [4.78, 5) is 17.4. The van der Waals surface area contributed by atoms with Crippen LogP contribution >= 0.6 is 0 Å². The maximum atomic E-state index is 13.3. The van der Waals surface area contributed by atoms with Crippen LogP contribution in [0.25, 0.3) is 11.1 Å². The van der Waals surface area contributed by atoms with E-state index in [0.29, 0.717) is 24.7 Å². The lowest BCUT2D eigenvalue weighted by atomic mass is 9.94. The Morgan fingerprint density at radius 3 is 2.91 bits per heavy atom. The van der Waals surface area contributed by atoms with Crippen molar-refractivity contribution in [3.63, 3.8) is 0 Å². The Morgan fingerprint density at radius 2 is 2.12 bits per heavy atom. The van der Waals surface area contributed by atoms with Crippen LogP contribution in [0.15, 0.2) is 45.9 Å².